The number of aromatic carboxylic acids is 1. The number of aryl methyl sites for hydroxylation is 1. The first-order valence-electron chi connectivity index (χ1n) is 20.5. The molecule has 5 aliphatic rings. The Bertz CT molecular complexity index is 2240. The van der Waals surface area contributed by atoms with Crippen molar-refractivity contribution in [1.82, 2.24) is 15.1 Å². The maximum Gasteiger partial charge on any atom is 0.335 e. The summed E-state index contributed by atoms with van der Waals surface area (Å²) < 4.78 is 0. The van der Waals surface area contributed by atoms with Crippen LogP contribution in [-0.2, 0) is 22.6 Å². The van der Waals surface area contributed by atoms with Gasteiger partial charge in [0.25, 0.3) is 5.91 Å². The molecule has 3 fully saturated rings. The second kappa shape index (κ2) is 15.7. The minimum absolute atomic E-state index is 0.131. The predicted octanol–water partition coefficient (Wildman–Crippen LogP) is 6.48. The molecule has 10 heteroatoms. The van der Waals surface area contributed by atoms with Gasteiger partial charge < -0.3 is 19.8 Å². The second-order valence-electron chi connectivity index (χ2n) is 16.3. The number of nitrogens with one attached hydrogen (secondary N) is 1. The van der Waals surface area contributed by atoms with E-state index in [2.05, 4.69) is 80.7 Å². The molecule has 4 aliphatic heterocycles. The van der Waals surface area contributed by atoms with Gasteiger partial charge in [-0.25, -0.2) is 4.79 Å². The summed E-state index contributed by atoms with van der Waals surface area (Å²) in [6, 6.07) is 30.7. The van der Waals surface area contributed by atoms with Gasteiger partial charge in [-0.15, -0.1) is 0 Å². The van der Waals surface area contributed by atoms with Crippen LogP contribution in [0.25, 0.3) is 11.1 Å². The summed E-state index contributed by atoms with van der Waals surface area (Å²) >= 11 is 0. The number of rotatable bonds is 8. The number of amides is 3. The second-order valence-corrected chi connectivity index (χ2v) is 16.3. The maximum atomic E-state index is 13.2. The molecule has 10 nitrogen and oxygen atoms in total. The Morgan fingerprint density at radius 3 is 2.14 bits per heavy atom. The predicted molar refractivity (Wildman–Crippen MR) is 221 cm³/mol. The van der Waals surface area contributed by atoms with E-state index < -0.39 is 12.0 Å². The van der Waals surface area contributed by atoms with Gasteiger partial charge in [0.15, 0.2) is 0 Å². The van der Waals surface area contributed by atoms with E-state index in [9.17, 15) is 24.3 Å². The van der Waals surface area contributed by atoms with E-state index in [-0.39, 0.29) is 24.1 Å². The molecule has 1 aliphatic carbocycles. The van der Waals surface area contributed by atoms with Gasteiger partial charge >= 0.3 is 5.97 Å². The Morgan fingerprint density at radius 1 is 0.684 bits per heavy atom. The van der Waals surface area contributed by atoms with Crippen LogP contribution in [0.4, 0.5) is 11.4 Å². The summed E-state index contributed by atoms with van der Waals surface area (Å²) in [5.41, 5.74) is 11.5. The largest absolute Gasteiger partial charge is 0.478 e. The number of anilines is 2. The zero-order chi connectivity index (χ0) is 39.0. The number of benzene rings is 4. The smallest absolute Gasteiger partial charge is 0.335 e. The van der Waals surface area contributed by atoms with Crippen molar-refractivity contribution in [2.45, 2.75) is 57.5 Å². The number of carbonyl (C=O) groups excluding carboxylic acids is 3. The lowest BCUT2D eigenvalue weighted by Crippen LogP contribution is -2.52. The van der Waals surface area contributed by atoms with Crippen LogP contribution in [0.15, 0.2) is 91.0 Å². The molecule has 57 heavy (non-hydrogen) atoms. The van der Waals surface area contributed by atoms with Gasteiger partial charge in [0.05, 0.1) is 5.56 Å². The number of carboxylic acid groups (broad SMARTS) is 1. The first-order chi connectivity index (χ1) is 27.8. The molecular formula is C47H49N5O5. The summed E-state index contributed by atoms with van der Waals surface area (Å²) in [5.74, 6) is -1.01. The van der Waals surface area contributed by atoms with Crippen LogP contribution in [-0.4, -0.2) is 90.5 Å². The molecule has 4 aromatic carbocycles. The molecule has 2 N–H and O–H groups in total. The number of nitrogens with zero attached hydrogens (tertiary/aromatic N) is 4. The number of imide groups is 1. The van der Waals surface area contributed by atoms with E-state index in [0.29, 0.717) is 30.0 Å². The van der Waals surface area contributed by atoms with Gasteiger partial charge in [0.1, 0.15) is 6.04 Å². The lowest BCUT2D eigenvalue weighted by molar-refractivity contribution is -0.136. The number of carboxylic acids is 1. The average molecular weight is 764 g/mol. The van der Waals surface area contributed by atoms with E-state index in [4.69, 9.17) is 0 Å². The van der Waals surface area contributed by atoms with E-state index in [0.717, 1.165) is 100 Å². The fourth-order valence-electron chi connectivity index (χ4n) is 9.70. The van der Waals surface area contributed by atoms with Crippen LogP contribution >= 0.6 is 0 Å². The zero-order valence-corrected chi connectivity index (χ0v) is 32.3. The normalized spacial score (nSPS) is 20.7. The van der Waals surface area contributed by atoms with Crippen molar-refractivity contribution in [2.24, 2.45) is 5.92 Å². The minimum atomic E-state index is -0.887. The first kappa shape index (κ1) is 36.9. The highest BCUT2D eigenvalue weighted by molar-refractivity contribution is 6.05. The van der Waals surface area contributed by atoms with Gasteiger partial charge in [-0.2, -0.15) is 0 Å². The van der Waals surface area contributed by atoms with Crippen LogP contribution in [0, 0.1) is 5.92 Å². The van der Waals surface area contributed by atoms with Crippen molar-refractivity contribution in [3.05, 3.63) is 130 Å². The molecule has 0 radical (unpaired) electrons. The third-order valence-corrected chi connectivity index (χ3v) is 12.8. The van der Waals surface area contributed by atoms with Crippen molar-refractivity contribution in [3.8, 4) is 0 Å². The third kappa shape index (κ3) is 7.46. The van der Waals surface area contributed by atoms with E-state index in [1.54, 1.807) is 11.0 Å². The van der Waals surface area contributed by atoms with Crippen LogP contribution in [0.2, 0.25) is 0 Å². The Labute approximate surface area is 333 Å². The average Bonchev–Trinajstić information content (AvgIpc) is 3.43. The van der Waals surface area contributed by atoms with Gasteiger partial charge in [-0.05, 0) is 126 Å². The molecule has 0 saturated carbocycles. The highest BCUT2D eigenvalue weighted by Gasteiger charge is 2.39. The summed E-state index contributed by atoms with van der Waals surface area (Å²) in [7, 11) is 0. The molecule has 0 aromatic heterocycles. The number of piperazine rings is 1. The monoisotopic (exact) mass is 763 g/mol. The Kier molecular flexibility index (Phi) is 10.1. The lowest BCUT2D eigenvalue weighted by Gasteiger charge is -2.40. The number of carbonyl (C=O) groups is 4. The van der Waals surface area contributed by atoms with Crippen LogP contribution in [0.5, 0.6) is 0 Å². The Balaban J connectivity index is 0.806. The number of piperidine rings is 2. The molecule has 3 saturated heterocycles. The van der Waals surface area contributed by atoms with Crippen molar-refractivity contribution in [1.29, 1.82) is 0 Å². The molecule has 3 amide bonds. The highest BCUT2D eigenvalue weighted by Crippen LogP contribution is 2.41. The molecule has 292 valence electrons. The summed E-state index contributed by atoms with van der Waals surface area (Å²) in [6.45, 7) is 7.45. The molecular weight excluding hydrogens is 715 g/mol. The Morgan fingerprint density at radius 2 is 1.40 bits per heavy atom. The number of fused-ring (bicyclic) bond motifs is 2. The van der Waals surface area contributed by atoms with Gasteiger partial charge in [-0.1, -0.05) is 48.5 Å². The fourth-order valence-corrected chi connectivity index (χ4v) is 9.70. The lowest BCUT2D eigenvalue weighted by atomic mass is 9.87. The molecule has 0 spiro atoms. The van der Waals surface area contributed by atoms with Crippen LogP contribution < -0.4 is 15.1 Å². The van der Waals surface area contributed by atoms with Crippen LogP contribution in [0.3, 0.4) is 0 Å². The standard InChI is InChI=1S/C47H49N5O5/c53-43-18-17-42(45(54)48-43)52-30-36-28-38(14-16-41(36)46(52)55)51-25-23-49(24-26-51)29-31-19-21-50(22-20-31)37-12-9-33(10-13-37)44-39(32-5-2-1-3-6-32)8-4-7-34-27-35(47(56)57)11-15-40(34)44/h1-3,5-6,9-16,27-28,31,42H,4,7-8,17-26,29-30H2,(H,56,57)(H,48,53,54)/t42-/m0/s1. The van der Waals surface area contributed by atoms with Crippen molar-refractivity contribution in [2.75, 3.05) is 55.6 Å². The summed E-state index contributed by atoms with van der Waals surface area (Å²) in [5, 5.41) is 12.1. The van der Waals surface area contributed by atoms with Crippen molar-refractivity contribution in [3.63, 3.8) is 0 Å². The molecule has 1 atom stereocenters. The van der Waals surface area contributed by atoms with Gasteiger partial charge in [0.2, 0.25) is 11.8 Å². The topological polar surface area (TPSA) is 114 Å². The Hall–Kier alpha value is -5.74. The summed E-state index contributed by atoms with van der Waals surface area (Å²) in [4.78, 5) is 58.3. The quantitative estimate of drug-likeness (QED) is 0.196. The fraction of sp³-hybridized carbons (Fsp3) is 0.362. The molecule has 4 heterocycles. The van der Waals surface area contributed by atoms with Crippen molar-refractivity contribution >= 4 is 46.2 Å². The zero-order valence-electron chi connectivity index (χ0n) is 32.3. The maximum absolute atomic E-state index is 13.2. The molecule has 0 unspecified atom stereocenters. The number of allylic oxidation sites excluding steroid dienone is 1. The summed E-state index contributed by atoms with van der Waals surface area (Å²) in [6.07, 6.45) is 5.71. The molecule has 4 aromatic rings. The van der Waals surface area contributed by atoms with E-state index in [1.165, 1.54) is 28.0 Å². The van der Waals surface area contributed by atoms with E-state index >= 15 is 0 Å². The molecule has 0 bridgehead atoms. The molecule has 9 rings (SSSR count). The van der Waals surface area contributed by atoms with Gasteiger partial charge in [-0.3, -0.25) is 24.6 Å². The van der Waals surface area contributed by atoms with Crippen LogP contribution in [0.1, 0.15) is 87.1 Å². The van der Waals surface area contributed by atoms with E-state index in [1.807, 2.05) is 24.3 Å². The number of hydrogen-bond acceptors (Lipinski definition) is 7. The first-order valence-corrected chi connectivity index (χ1v) is 20.5. The SMILES string of the molecule is O=C1CC[C@H](N2Cc3cc(N4CCN(CC5CCN(c6ccc(C7=C(c8ccccc8)CCCc8cc(C(=O)O)ccc87)cc6)CC5)CC4)ccc3C2=O)C(=O)N1. The van der Waals surface area contributed by atoms with Crippen molar-refractivity contribution < 1.29 is 24.3 Å². The van der Waals surface area contributed by atoms with Gasteiger partial charge in [0, 0.05) is 75.7 Å². The minimum Gasteiger partial charge on any atom is -0.478 e. The third-order valence-electron chi connectivity index (χ3n) is 12.8. The number of hydrogen-bond donors (Lipinski definition) is 2. The highest BCUT2D eigenvalue weighted by atomic mass is 16.4.